The first-order valence-electron chi connectivity index (χ1n) is 14.6. The van der Waals surface area contributed by atoms with Crippen molar-refractivity contribution in [3.8, 4) is 39.3 Å². The highest BCUT2D eigenvalue weighted by Gasteiger charge is 2.37. The second-order valence-electron chi connectivity index (χ2n) is 11.4. The van der Waals surface area contributed by atoms with Crippen LogP contribution in [0.5, 0.6) is 0 Å². The maximum absolute atomic E-state index is 4.88. The number of thiazole rings is 2. The third-order valence-electron chi connectivity index (χ3n) is 8.21. The van der Waals surface area contributed by atoms with Gasteiger partial charge in [0.2, 0.25) is 0 Å². The fourth-order valence-electron chi connectivity index (χ4n) is 5.86. The predicted octanol–water partition coefficient (Wildman–Crippen LogP) is 13.1. The molecule has 8 aromatic rings. The average molecular weight is 705 g/mol. The number of hydrogen-bond acceptors (Lipinski definition) is 8. The molecule has 0 atom stereocenters. The first kappa shape index (κ1) is 28.0. The molecule has 45 heavy (non-hydrogen) atoms. The maximum Gasteiger partial charge on any atom is 0.134 e. The van der Waals surface area contributed by atoms with Crippen LogP contribution >= 0.6 is 68.0 Å². The average Bonchev–Trinajstić information content (AvgIpc) is 3.88. The fourth-order valence-corrected chi connectivity index (χ4v) is 16.5. The summed E-state index contributed by atoms with van der Waals surface area (Å²) >= 11 is 11.1. The Morgan fingerprint density at radius 2 is 0.756 bits per heavy atom. The molecule has 9 heteroatoms. The minimum Gasteiger partial charge on any atom is -0.235 e. The molecule has 0 bridgehead atoms. The predicted molar refractivity (Wildman–Crippen MR) is 206 cm³/mol. The van der Waals surface area contributed by atoms with Crippen LogP contribution in [0.4, 0.5) is 0 Å². The van der Waals surface area contributed by atoms with E-state index < -0.39 is 8.07 Å². The lowest BCUT2D eigenvalue weighted by atomic mass is 10.3. The summed E-state index contributed by atoms with van der Waals surface area (Å²) in [5.41, 5.74) is 2.16. The van der Waals surface area contributed by atoms with Crippen LogP contribution in [-0.2, 0) is 0 Å². The molecule has 0 radical (unpaired) electrons. The van der Waals surface area contributed by atoms with Gasteiger partial charge in [-0.05, 0) is 83.2 Å². The SMILES string of the molecule is C[Si]1(C)C(c2ccc(-c3ccc(-c4nc5ccccc5s4)s3)s2)=CC=C1c1ccc(-c2ccc(-c3nc4ccccc4s3)s2)s1. The number of allylic oxidation sites excluding steroid dienone is 2. The summed E-state index contributed by atoms with van der Waals surface area (Å²) in [6.07, 6.45) is 4.79. The molecule has 218 valence electrons. The van der Waals surface area contributed by atoms with Gasteiger partial charge in [0, 0.05) is 29.3 Å². The summed E-state index contributed by atoms with van der Waals surface area (Å²) in [7, 11) is -1.86. The molecule has 9 rings (SSSR count). The second-order valence-corrected chi connectivity index (χ2v) is 22.1. The van der Waals surface area contributed by atoms with Gasteiger partial charge in [0.25, 0.3) is 0 Å². The number of nitrogens with zero attached hydrogens (tertiary/aromatic N) is 2. The highest BCUT2D eigenvalue weighted by molar-refractivity contribution is 7.30. The molecule has 0 amide bonds. The van der Waals surface area contributed by atoms with Crippen molar-refractivity contribution in [1.82, 2.24) is 9.97 Å². The number of hydrogen-bond donors (Lipinski definition) is 0. The Balaban J connectivity index is 0.939. The Hall–Kier alpha value is -3.28. The molecular weight excluding hydrogens is 681 g/mol. The third kappa shape index (κ3) is 4.89. The zero-order valence-corrected chi connectivity index (χ0v) is 30.1. The van der Waals surface area contributed by atoms with Crippen molar-refractivity contribution in [3.63, 3.8) is 0 Å². The molecule has 7 heterocycles. The van der Waals surface area contributed by atoms with Gasteiger partial charge in [-0.25, -0.2) is 9.97 Å². The van der Waals surface area contributed by atoms with E-state index in [-0.39, 0.29) is 0 Å². The summed E-state index contributed by atoms with van der Waals surface area (Å²) in [6.45, 7) is 5.01. The minimum absolute atomic E-state index is 1.08. The van der Waals surface area contributed by atoms with Crippen molar-refractivity contribution >= 4 is 107 Å². The lowest BCUT2D eigenvalue weighted by Crippen LogP contribution is -2.27. The summed E-state index contributed by atoms with van der Waals surface area (Å²) in [6, 6.07) is 35.1. The lowest BCUT2D eigenvalue weighted by molar-refractivity contribution is 1.50. The molecule has 6 aromatic heterocycles. The van der Waals surface area contributed by atoms with Crippen LogP contribution in [-0.4, -0.2) is 18.0 Å². The number of rotatable bonds is 6. The molecule has 1 aliphatic rings. The first-order valence-corrected chi connectivity index (χ1v) is 22.5. The van der Waals surface area contributed by atoms with Gasteiger partial charge in [0.15, 0.2) is 0 Å². The number of fused-ring (bicyclic) bond motifs is 2. The fraction of sp³-hybridized carbons (Fsp3) is 0.0556. The van der Waals surface area contributed by atoms with Gasteiger partial charge in [-0.2, -0.15) is 0 Å². The van der Waals surface area contributed by atoms with Crippen LogP contribution in [0.1, 0.15) is 9.75 Å². The third-order valence-corrected chi connectivity index (χ3v) is 19.4. The largest absolute Gasteiger partial charge is 0.235 e. The first-order chi connectivity index (χ1) is 22.0. The van der Waals surface area contributed by atoms with Crippen molar-refractivity contribution < 1.29 is 0 Å². The molecule has 0 N–H and O–H groups in total. The van der Waals surface area contributed by atoms with E-state index in [4.69, 9.17) is 9.97 Å². The van der Waals surface area contributed by atoms with E-state index in [1.165, 1.54) is 58.8 Å². The van der Waals surface area contributed by atoms with Crippen molar-refractivity contribution in [3.05, 3.63) is 119 Å². The van der Waals surface area contributed by atoms with E-state index in [0.717, 1.165) is 21.0 Å². The van der Waals surface area contributed by atoms with E-state index in [9.17, 15) is 0 Å². The van der Waals surface area contributed by atoms with Gasteiger partial charge in [0.05, 0.1) is 30.2 Å². The van der Waals surface area contributed by atoms with Crippen molar-refractivity contribution in [1.29, 1.82) is 0 Å². The topological polar surface area (TPSA) is 25.8 Å². The molecule has 0 unspecified atom stereocenters. The molecule has 2 aromatic carbocycles. The zero-order valence-electron chi connectivity index (χ0n) is 24.2. The second kappa shape index (κ2) is 10.9. The molecule has 0 saturated carbocycles. The van der Waals surface area contributed by atoms with Crippen molar-refractivity contribution in [2.75, 3.05) is 0 Å². The normalized spacial score (nSPS) is 14.4. The van der Waals surface area contributed by atoms with Crippen LogP contribution in [0, 0.1) is 0 Å². The Labute approximate surface area is 286 Å². The van der Waals surface area contributed by atoms with Crippen molar-refractivity contribution in [2.45, 2.75) is 13.1 Å². The molecule has 0 spiro atoms. The maximum atomic E-state index is 4.88. The van der Waals surface area contributed by atoms with E-state index in [0.29, 0.717) is 0 Å². The Kier molecular flexibility index (Phi) is 6.79. The summed E-state index contributed by atoms with van der Waals surface area (Å²) in [4.78, 5) is 20.3. The molecular formula is C36H24N2S6Si. The number of thiophene rings is 4. The number of aromatic nitrogens is 2. The van der Waals surface area contributed by atoms with Gasteiger partial charge in [0.1, 0.15) is 18.1 Å². The van der Waals surface area contributed by atoms with E-state index >= 15 is 0 Å². The summed E-state index contributed by atoms with van der Waals surface area (Å²) in [5.74, 6) is 0. The van der Waals surface area contributed by atoms with Gasteiger partial charge in [-0.3, -0.25) is 0 Å². The standard InChI is InChI=1S/C36H24N2S6Si/c1-45(2)33(29-15-11-25(39-29)27-13-17-31(41-27)35-37-21-7-3-5-9-23(21)43-35)19-20-34(45)30-16-12-26(40-30)28-14-18-32(42-28)36-38-22-8-4-6-10-24(22)44-36/h3-20H,1-2H3. The van der Waals surface area contributed by atoms with E-state index in [1.807, 2.05) is 45.3 Å². The van der Waals surface area contributed by atoms with E-state index in [2.05, 4.69) is 122 Å². The number of benzene rings is 2. The van der Waals surface area contributed by atoms with Crippen LogP contribution in [0.2, 0.25) is 13.1 Å². The minimum atomic E-state index is -1.86. The van der Waals surface area contributed by atoms with Gasteiger partial charge in [-0.15, -0.1) is 68.0 Å². The van der Waals surface area contributed by atoms with Crippen LogP contribution in [0.25, 0.3) is 70.1 Å². The van der Waals surface area contributed by atoms with Gasteiger partial charge < -0.3 is 0 Å². The smallest absolute Gasteiger partial charge is 0.134 e. The highest BCUT2D eigenvalue weighted by Crippen LogP contribution is 2.49. The van der Waals surface area contributed by atoms with Crippen LogP contribution in [0.15, 0.2) is 109 Å². The molecule has 0 aliphatic carbocycles. The monoisotopic (exact) mass is 704 g/mol. The highest BCUT2D eigenvalue weighted by atomic mass is 32.1. The van der Waals surface area contributed by atoms with Crippen LogP contribution in [0.3, 0.4) is 0 Å². The number of para-hydroxylation sites is 2. The zero-order chi connectivity index (χ0) is 30.1. The van der Waals surface area contributed by atoms with Crippen LogP contribution < -0.4 is 0 Å². The summed E-state index contributed by atoms with van der Waals surface area (Å²) in [5, 5.41) is 5.27. The van der Waals surface area contributed by atoms with Crippen molar-refractivity contribution in [2.24, 2.45) is 0 Å². The Morgan fingerprint density at radius 1 is 0.400 bits per heavy atom. The molecule has 2 nitrogen and oxygen atoms in total. The molecule has 0 saturated heterocycles. The quantitative estimate of drug-likeness (QED) is 0.161. The van der Waals surface area contributed by atoms with Gasteiger partial charge in [-0.1, -0.05) is 49.5 Å². The molecule has 1 aliphatic heterocycles. The van der Waals surface area contributed by atoms with E-state index in [1.54, 1.807) is 22.7 Å². The Bertz CT molecular complexity index is 2200. The summed E-state index contributed by atoms with van der Waals surface area (Å²) < 4.78 is 2.49. The Morgan fingerprint density at radius 3 is 1.18 bits per heavy atom. The molecule has 0 fully saturated rings. The van der Waals surface area contributed by atoms with Gasteiger partial charge >= 0.3 is 0 Å². The lowest BCUT2D eigenvalue weighted by Gasteiger charge is -2.23.